The van der Waals surface area contributed by atoms with Crippen LogP contribution < -0.4 is 5.69 Å². The average Bonchev–Trinajstić information content (AvgIpc) is 3.52. The maximum Gasteiger partial charge on any atom is 0.323 e. The molecule has 6 aromatic rings. The van der Waals surface area contributed by atoms with E-state index in [-0.39, 0.29) is 5.69 Å². The summed E-state index contributed by atoms with van der Waals surface area (Å²) in [6, 6.07) is 15.0. The van der Waals surface area contributed by atoms with E-state index in [1.165, 1.54) is 0 Å². The predicted octanol–water partition coefficient (Wildman–Crippen LogP) is 4.81. The molecule has 0 aliphatic carbocycles. The second-order valence-corrected chi connectivity index (χ2v) is 8.45. The van der Waals surface area contributed by atoms with E-state index in [0.717, 1.165) is 39.1 Å². The molecule has 0 spiro atoms. The Balaban J connectivity index is 1.42. The molecule has 0 atom stereocenters. The first kappa shape index (κ1) is 19.8. The molecule has 0 radical (unpaired) electrons. The second-order valence-electron chi connectivity index (χ2n) is 7.60. The van der Waals surface area contributed by atoms with Crippen molar-refractivity contribution < 1.29 is 0 Å². The lowest BCUT2D eigenvalue weighted by Crippen LogP contribution is -2.04. The molecule has 4 heterocycles. The van der Waals surface area contributed by atoms with Crippen LogP contribution in [0.2, 0.25) is 10.0 Å². The van der Waals surface area contributed by atoms with Gasteiger partial charge in [0.25, 0.3) is 0 Å². The molecule has 0 saturated heterocycles. The zero-order valence-corrected chi connectivity index (χ0v) is 18.5. The van der Waals surface area contributed by atoms with Gasteiger partial charge < -0.3 is 9.97 Å². The number of aromatic nitrogens is 7. The molecule has 10 heteroatoms. The summed E-state index contributed by atoms with van der Waals surface area (Å²) < 4.78 is 3.67. The van der Waals surface area contributed by atoms with Crippen molar-refractivity contribution in [2.24, 2.45) is 0 Å². The molecule has 33 heavy (non-hydrogen) atoms. The van der Waals surface area contributed by atoms with Crippen LogP contribution >= 0.6 is 23.2 Å². The fourth-order valence-electron chi connectivity index (χ4n) is 3.92. The molecule has 162 valence electrons. The number of nitrogens with one attached hydrogen (secondary N) is 2. The molecular weight excluding hydrogens is 461 g/mol. The number of benzene rings is 2. The van der Waals surface area contributed by atoms with Gasteiger partial charge in [0.1, 0.15) is 5.52 Å². The normalized spacial score (nSPS) is 11.6. The highest BCUT2D eigenvalue weighted by Crippen LogP contribution is 2.27. The molecule has 2 aromatic carbocycles. The zero-order chi connectivity index (χ0) is 22.5. The van der Waals surface area contributed by atoms with Crippen molar-refractivity contribution >= 4 is 45.3 Å². The standard InChI is InChI=1S/C23H15Cl2N7O/c24-15-2-1-13(17(25)8-15)12-31-21(5-6-27-31)14-7-22-20(26-10-14)11-28-32(22)16-3-4-18-19(9-16)30-23(33)29-18/h1-11H,12H2,(H2,29,30,33). The first-order valence-corrected chi connectivity index (χ1v) is 10.8. The number of hydrogen-bond acceptors (Lipinski definition) is 4. The number of hydrogen-bond donors (Lipinski definition) is 2. The minimum absolute atomic E-state index is 0.245. The van der Waals surface area contributed by atoms with Crippen molar-refractivity contribution in [3.63, 3.8) is 0 Å². The summed E-state index contributed by atoms with van der Waals surface area (Å²) in [5.74, 6) is 0. The Morgan fingerprint density at radius 1 is 0.909 bits per heavy atom. The first-order valence-electron chi connectivity index (χ1n) is 10.1. The van der Waals surface area contributed by atoms with Crippen LogP contribution in [0.25, 0.3) is 39.0 Å². The van der Waals surface area contributed by atoms with Crippen LogP contribution in [0.3, 0.4) is 0 Å². The van der Waals surface area contributed by atoms with E-state index < -0.39 is 0 Å². The van der Waals surface area contributed by atoms with E-state index in [2.05, 4.69) is 25.1 Å². The Hall–Kier alpha value is -3.88. The van der Waals surface area contributed by atoms with Crippen molar-refractivity contribution in [2.75, 3.05) is 0 Å². The topological polar surface area (TPSA) is 97.2 Å². The van der Waals surface area contributed by atoms with Crippen molar-refractivity contribution in [3.05, 3.63) is 93.2 Å². The Morgan fingerprint density at radius 2 is 1.79 bits per heavy atom. The van der Waals surface area contributed by atoms with E-state index >= 15 is 0 Å². The van der Waals surface area contributed by atoms with E-state index in [9.17, 15) is 4.79 Å². The van der Waals surface area contributed by atoms with Crippen LogP contribution in [0.1, 0.15) is 5.56 Å². The minimum atomic E-state index is -0.245. The Labute approximate surface area is 196 Å². The van der Waals surface area contributed by atoms with Crippen LogP contribution in [0.15, 0.2) is 71.9 Å². The number of pyridine rings is 1. The molecule has 0 aliphatic heterocycles. The molecule has 0 unspecified atom stereocenters. The van der Waals surface area contributed by atoms with Gasteiger partial charge >= 0.3 is 5.69 Å². The molecule has 0 aliphatic rings. The number of imidazole rings is 1. The fourth-order valence-corrected chi connectivity index (χ4v) is 4.39. The van der Waals surface area contributed by atoms with Gasteiger partial charge in [-0.2, -0.15) is 10.2 Å². The Bertz CT molecular complexity index is 1710. The van der Waals surface area contributed by atoms with Gasteiger partial charge in [0, 0.05) is 28.0 Å². The first-order chi connectivity index (χ1) is 16.0. The van der Waals surface area contributed by atoms with Gasteiger partial charge in [-0.05, 0) is 48.0 Å². The van der Waals surface area contributed by atoms with Crippen molar-refractivity contribution in [1.82, 2.24) is 34.5 Å². The summed E-state index contributed by atoms with van der Waals surface area (Å²) in [5, 5.41) is 10.2. The maximum atomic E-state index is 11.6. The Morgan fingerprint density at radius 3 is 2.67 bits per heavy atom. The van der Waals surface area contributed by atoms with E-state index in [0.29, 0.717) is 22.1 Å². The zero-order valence-electron chi connectivity index (χ0n) is 17.0. The number of halogens is 2. The average molecular weight is 476 g/mol. The fraction of sp³-hybridized carbons (Fsp3) is 0.0435. The van der Waals surface area contributed by atoms with Crippen LogP contribution in [0.5, 0.6) is 0 Å². The molecule has 4 aromatic heterocycles. The highest BCUT2D eigenvalue weighted by Gasteiger charge is 2.13. The molecule has 0 amide bonds. The summed E-state index contributed by atoms with van der Waals surface area (Å²) in [5.41, 5.74) is 6.32. The molecular formula is C23H15Cl2N7O. The maximum absolute atomic E-state index is 11.6. The summed E-state index contributed by atoms with van der Waals surface area (Å²) >= 11 is 12.4. The lowest BCUT2D eigenvalue weighted by atomic mass is 10.1. The van der Waals surface area contributed by atoms with E-state index in [1.54, 1.807) is 29.3 Å². The SMILES string of the molecule is O=c1[nH]c2ccc(-n3ncc4ncc(-c5ccnn5Cc5ccc(Cl)cc5Cl)cc43)cc2[nH]1. The van der Waals surface area contributed by atoms with Crippen molar-refractivity contribution in [3.8, 4) is 16.9 Å². The summed E-state index contributed by atoms with van der Waals surface area (Å²) in [6.07, 6.45) is 5.27. The third-order valence-electron chi connectivity index (χ3n) is 5.51. The van der Waals surface area contributed by atoms with Gasteiger partial charge in [-0.25, -0.2) is 9.48 Å². The number of H-pyrrole nitrogens is 2. The van der Waals surface area contributed by atoms with Crippen LogP contribution in [-0.2, 0) is 6.54 Å². The second kappa shape index (κ2) is 7.61. The van der Waals surface area contributed by atoms with Crippen LogP contribution in [0.4, 0.5) is 0 Å². The number of fused-ring (bicyclic) bond motifs is 2. The monoisotopic (exact) mass is 475 g/mol. The highest BCUT2D eigenvalue weighted by molar-refractivity contribution is 6.35. The number of rotatable bonds is 4. The Kier molecular flexibility index (Phi) is 4.56. The minimum Gasteiger partial charge on any atom is -0.306 e. The van der Waals surface area contributed by atoms with Crippen molar-refractivity contribution in [2.45, 2.75) is 6.54 Å². The summed E-state index contributed by atoms with van der Waals surface area (Å²) in [7, 11) is 0. The highest BCUT2D eigenvalue weighted by atomic mass is 35.5. The lowest BCUT2D eigenvalue weighted by Gasteiger charge is -2.10. The van der Waals surface area contributed by atoms with Gasteiger partial charge in [-0.1, -0.05) is 29.3 Å². The van der Waals surface area contributed by atoms with E-state index in [4.69, 9.17) is 23.2 Å². The largest absolute Gasteiger partial charge is 0.323 e. The predicted molar refractivity (Wildman–Crippen MR) is 128 cm³/mol. The molecule has 0 fully saturated rings. The molecule has 2 N–H and O–H groups in total. The van der Waals surface area contributed by atoms with Gasteiger partial charge in [-0.15, -0.1) is 0 Å². The lowest BCUT2D eigenvalue weighted by molar-refractivity contribution is 0.694. The molecule has 0 saturated carbocycles. The third-order valence-corrected chi connectivity index (χ3v) is 6.10. The van der Waals surface area contributed by atoms with Crippen molar-refractivity contribution in [1.29, 1.82) is 0 Å². The number of nitrogens with zero attached hydrogens (tertiary/aromatic N) is 5. The molecule has 6 rings (SSSR count). The smallest absolute Gasteiger partial charge is 0.306 e. The molecule has 8 nitrogen and oxygen atoms in total. The van der Waals surface area contributed by atoms with Gasteiger partial charge in [0.05, 0.1) is 40.7 Å². The van der Waals surface area contributed by atoms with Crippen LogP contribution in [0, 0.1) is 0 Å². The summed E-state index contributed by atoms with van der Waals surface area (Å²) in [6.45, 7) is 0.493. The van der Waals surface area contributed by atoms with Gasteiger partial charge in [0.2, 0.25) is 0 Å². The van der Waals surface area contributed by atoms with Gasteiger partial charge in [-0.3, -0.25) is 9.67 Å². The van der Waals surface area contributed by atoms with E-state index in [1.807, 2.05) is 47.1 Å². The van der Waals surface area contributed by atoms with Crippen LogP contribution in [-0.4, -0.2) is 34.5 Å². The van der Waals surface area contributed by atoms with Gasteiger partial charge in [0.15, 0.2) is 0 Å². The third kappa shape index (κ3) is 3.49. The summed E-state index contributed by atoms with van der Waals surface area (Å²) in [4.78, 5) is 21.7. The quantitative estimate of drug-likeness (QED) is 0.382. The number of aromatic amines is 2. The molecule has 0 bridgehead atoms.